The van der Waals surface area contributed by atoms with Gasteiger partial charge in [-0.2, -0.15) is 0 Å². The predicted octanol–water partition coefficient (Wildman–Crippen LogP) is 2.32. The van der Waals surface area contributed by atoms with Gasteiger partial charge in [0.1, 0.15) is 0 Å². The summed E-state index contributed by atoms with van der Waals surface area (Å²) >= 11 is 0. The van der Waals surface area contributed by atoms with Gasteiger partial charge in [-0.05, 0) is 31.7 Å². The third-order valence-electron chi connectivity index (χ3n) is 3.02. The quantitative estimate of drug-likeness (QED) is 0.653. The van der Waals surface area contributed by atoms with E-state index in [4.69, 9.17) is 0 Å². The first-order chi connectivity index (χ1) is 5.45. The van der Waals surface area contributed by atoms with Crippen LogP contribution < -0.4 is 5.32 Å². The Morgan fingerprint density at radius 1 is 1.09 bits per heavy atom. The van der Waals surface area contributed by atoms with E-state index in [2.05, 4.69) is 5.32 Å². The third kappa shape index (κ3) is 2.48. The molecule has 1 aliphatic heterocycles. The van der Waals surface area contributed by atoms with Crippen LogP contribution in [-0.2, 0) is 0 Å². The van der Waals surface area contributed by atoms with Crippen LogP contribution in [0.25, 0.3) is 0 Å². The van der Waals surface area contributed by atoms with Crippen LogP contribution in [0.15, 0.2) is 0 Å². The van der Waals surface area contributed by atoms with Crippen molar-refractivity contribution in [3.8, 4) is 0 Å². The van der Waals surface area contributed by atoms with Crippen molar-refractivity contribution in [2.75, 3.05) is 6.54 Å². The Morgan fingerprint density at radius 2 is 2.00 bits per heavy atom. The van der Waals surface area contributed by atoms with Crippen LogP contribution in [0.1, 0.15) is 44.9 Å². The molecule has 0 aromatic rings. The molecular weight excluding hydrogens is 134 g/mol. The van der Waals surface area contributed by atoms with Crippen molar-refractivity contribution >= 4 is 0 Å². The summed E-state index contributed by atoms with van der Waals surface area (Å²) in [6.07, 6.45) is 10.3. The van der Waals surface area contributed by atoms with E-state index >= 15 is 0 Å². The summed E-state index contributed by atoms with van der Waals surface area (Å²) in [4.78, 5) is 0. The zero-order valence-electron chi connectivity index (χ0n) is 7.31. The lowest BCUT2D eigenvalue weighted by molar-refractivity contribution is 0.509. The summed E-state index contributed by atoms with van der Waals surface area (Å²) < 4.78 is 0. The number of nitrogens with one attached hydrogen (secondary N) is 1. The highest BCUT2D eigenvalue weighted by molar-refractivity contribution is 4.77. The van der Waals surface area contributed by atoms with E-state index in [1.807, 2.05) is 0 Å². The lowest BCUT2D eigenvalue weighted by Crippen LogP contribution is -2.20. The van der Waals surface area contributed by atoms with Crippen LogP contribution in [0.2, 0.25) is 0 Å². The summed E-state index contributed by atoms with van der Waals surface area (Å²) in [6.45, 7) is 1.27. The second-order valence-electron chi connectivity index (χ2n) is 4.17. The number of rotatable bonds is 4. The molecule has 0 aromatic heterocycles. The zero-order valence-corrected chi connectivity index (χ0v) is 7.31. The Kier molecular flexibility index (Phi) is 2.47. The van der Waals surface area contributed by atoms with Crippen molar-refractivity contribution in [1.82, 2.24) is 5.32 Å². The molecule has 2 aliphatic rings. The molecule has 1 saturated heterocycles. The van der Waals surface area contributed by atoms with E-state index in [9.17, 15) is 0 Å². The van der Waals surface area contributed by atoms with E-state index in [0.717, 1.165) is 12.0 Å². The minimum Gasteiger partial charge on any atom is -0.314 e. The summed E-state index contributed by atoms with van der Waals surface area (Å²) in [6, 6.07) is 0.883. The van der Waals surface area contributed by atoms with Crippen LogP contribution in [0, 0.1) is 5.92 Å². The first-order valence-corrected chi connectivity index (χ1v) is 5.18. The Hall–Kier alpha value is -0.0400. The van der Waals surface area contributed by atoms with Gasteiger partial charge < -0.3 is 5.32 Å². The number of hydrogen-bond acceptors (Lipinski definition) is 1. The van der Waals surface area contributed by atoms with E-state index in [1.165, 1.54) is 51.5 Å². The van der Waals surface area contributed by atoms with Gasteiger partial charge in [0.05, 0.1) is 0 Å². The average molecular weight is 153 g/mol. The first-order valence-electron chi connectivity index (χ1n) is 5.18. The van der Waals surface area contributed by atoms with Crippen LogP contribution in [0.5, 0.6) is 0 Å². The predicted molar refractivity (Wildman–Crippen MR) is 47.6 cm³/mol. The van der Waals surface area contributed by atoms with E-state index in [-0.39, 0.29) is 0 Å². The van der Waals surface area contributed by atoms with E-state index in [1.54, 1.807) is 0 Å². The lowest BCUT2D eigenvalue weighted by atomic mass is 10.1. The normalized spacial score (nSPS) is 31.1. The van der Waals surface area contributed by atoms with Crippen LogP contribution >= 0.6 is 0 Å². The van der Waals surface area contributed by atoms with Gasteiger partial charge in [-0.25, -0.2) is 0 Å². The summed E-state index contributed by atoms with van der Waals surface area (Å²) in [5.41, 5.74) is 0. The zero-order chi connectivity index (χ0) is 7.52. The molecule has 1 N–H and O–H groups in total. The van der Waals surface area contributed by atoms with Gasteiger partial charge in [0, 0.05) is 6.04 Å². The van der Waals surface area contributed by atoms with Crippen LogP contribution in [-0.4, -0.2) is 12.6 Å². The molecule has 1 saturated carbocycles. The van der Waals surface area contributed by atoms with Crippen LogP contribution in [0.4, 0.5) is 0 Å². The molecule has 0 bridgehead atoms. The van der Waals surface area contributed by atoms with Gasteiger partial charge >= 0.3 is 0 Å². The smallest absolute Gasteiger partial charge is 0.00675 e. The highest BCUT2D eigenvalue weighted by Crippen LogP contribution is 2.34. The highest BCUT2D eigenvalue weighted by Gasteiger charge is 2.21. The largest absolute Gasteiger partial charge is 0.314 e. The fourth-order valence-corrected chi connectivity index (χ4v) is 2.06. The molecule has 1 nitrogen and oxygen atoms in total. The Labute approximate surface area is 69.6 Å². The third-order valence-corrected chi connectivity index (χ3v) is 3.02. The number of hydrogen-bond donors (Lipinski definition) is 1. The van der Waals surface area contributed by atoms with Crippen molar-refractivity contribution in [2.24, 2.45) is 5.92 Å². The van der Waals surface area contributed by atoms with Gasteiger partial charge in [-0.1, -0.05) is 25.7 Å². The molecule has 0 aromatic carbocycles. The minimum absolute atomic E-state index is 0.883. The standard InChI is InChI=1S/C10H19N/c1(3-9-6-7-9)4-10-5-2-8-11-10/h9-11H,1-8H2. The monoisotopic (exact) mass is 153 g/mol. The molecule has 64 valence electrons. The summed E-state index contributed by atoms with van der Waals surface area (Å²) in [5.74, 6) is 1.14. The Morgan fingerprint density at radius 3 is 2.64 bits per heavy atom. The van der Waals surface area contributed by atoms with Gasteiger partial charge in [0.2, 0.25) is 0 Å². The first kappa shape index (κ1) is 7.60. The molecule has 0 spiro atoms. The SMILES string of the molecule is C1CNC(CCCC2CC2)C1. The summed E-state index contributed by atoms with van der Waals surface area (Å²) in [7, 11) is 0. The molecule has 1 unspecified atom stereocenters. The van der Waals surface area contributed by atoms with Gasteiger partial charge in [0.15, 0.2) is 0 Å². The molecule has 1 heterocycles. The molecule has 2 fully saturated rings. The van der Waals surface area contributed by atoms with Crippen molar-refractivity contribution in [3.05, 3.63) is 0 Å². The van der Waals surface area contributed by atoms with E-state index < -0.39 is 0 Å². The highest BCUT2D eigenvalue weighted by atomic mass is 14.9. The average Bonchev–Trinajstić information content (AvgIpc) is 2.66. The van der Waals surface area contributed by atoms with Crippen molar-refractivity contribution in [2.45, 2.75) is 51.0 Å². The molecular formula is C10H19N. The molecule has 0 amide bonds. The Bertz CT molecular complexity index is 112. The maximum Gasteiger partial charge on any atom is 0.00675 e. The fourth-order valence-electron chi connectivity index (χ4n) is 2.06. The second-order valence-corrected chi connectivity index (χ2v) is 4.17. The van der Waals surface area contributed by atoms with Gasteiger partial charge in [-0.15, -0.1) is 0 Å². The topological polar surface area (TPSA) is 12.0 Å². The molecule has 2 rings (SSSR count). The minimum atomic E-state index is 0.883. The second kappa shape index (κ2) is 3.57. The molecule has 0 radical (unpaired) electrons. The van der Waals surface area contributed by atoms with Gasteiger partial charge in [-0.3, -0.25) is 0 Å². The van der Waals surface area contributed by atoms with Crippen molar-refractivity contribution in [3.63, 3.8) is 0 Å². The van der Waals surface area contributed by atoms with Gasteiger partial charge in [0.25, 0.3) is 0 Å². The van der Waals surface area contributed by atoms with Crippen molar-refractivity contribution < 1.29 is 0 Å². The lowest BCUT2D eigenvalue weighted by Gasteiger charge is -2.08. The molecule has 11 heavy (non-hydrogen) atoms. The summed E-state index contributed by atoms with van der Waals surface area (Å²) in [5, 5.41) is 3.55. The van der Waals surface area contributed by atoms with Crippen molar-refractivity contribution in [1.29, 1.82) is 0 Å². The van der Waals surface area contributed by atoms with Crippen LogP contribution in [0.3, 0.4) is 0 Å². The Balaban J connectivity index is 1.51. The maximum absolute atomic E-state index is 3.55. The van der Waals surface area contributed by atoms with E-state index in [0.29, 0.717) is 0 Å². The molecule has 1 aliphatic carbocycles. The molecule has 1 atom stereocenters. The fraction of sp³-hybridized carbons (Fsp3) is 1.00. The molecule has 1 heteroatoms. The maximum atomic E-state index is 3.55.